The fraction of sp³-hybridized carbons (Fsp3) is 0.323. The number of carbonyl (C=O) groups is 1. The minimum Gasteiger partial charge on any atom is -0.489 e. The van der Waals surface area contributed by atoms with Crippen molar-refractivity contribution < 1.29 is 14.3 Å². The molecule has 2 aromatic heterocycles. The van der Waals surface area contributed by atoms with Crippen LogP contribution in [0.2, 0.25) is 0 Å². The van der Waals surface area contributed by atoms with E-state index >= 15 is 0 Å². The SMILES string of the molecule is CC.Cc1cc(OCc2cnc(C)nc2)cc(Oc2ccc(-c3cn([C@@H]4CCN(C)C4)c(N)c3C(N)=O)cc2)c1. The number of likely N-dealkylation sites (N-methyl/N-ethyl adjacent to an activating group) is 1. The van der Waals surface area contributed by atoms with Crippen LogP contribution < -0.4 is 20.9 Å². The van der Waals surface area contributed by atoms with Crippen LogP contribution in [0, 0.1) is 13.8 Å². The summed E-state index contributed by atoms with van der Waals surface area (Å²) in [5.74, 6) is 2.61. The van der Waals surface area contributed by atoms with E-state index in [1.165, 1.54) is 0 Å². The van der Waals surface area contributed by atoms with Crippen LogP contribution >= 0.6 is 0 Å². The number of nitrogens with two attached hydrogens (primary N) is 2. The number of hydrogen-bond donors (Lipinski definition) is 2. The molecular formula is C31H38N6O3. The predicted octanol–water partition coefficient (Wildman–Crippen LogP) is 5.52. The molecule has 5 rings (SSSR count). The molecule has 1 aliphatic rings. The molecule has 2 aromatic carbocycles. The quantitative estimate of drug-likeness (QED) is 0.301. The highest BCUT2D eigenvalue weighted by Gasteiger charge is 2.27. The molecular weight excluding hydrogens is 504 g/mol. The van der Waals surface area contributed by atoms with E-state index in [9.17, 15) is 4.79 Å². The molecule has 40 heavy (non-hydrogen) atoms. The molecule has 1 amide bonds. The Bertz CT molecular complexity index is 1450. The van der Waals surface area contributed by atoms with Gasteiger partial charge in [0.25, 0.3) is 5.91 Å². The van der Waals surface area contributed by atoms with Crippen LogP contribution in [0.25, 0.3) is 11.1 Å². The highest BCUT2D eigenvalue weighted by molar-refractivity contribution is 6.04. The highest BCUT2D eigenvalue weighted by Crippen LogP contribution is 2.36. The van der Waals surface area contributed by atoms with Gasteiger partial charge < -0.3 is 30.4 Å². The van der Waals surface area contributed by atoms with Crippen LogP contribution in [-0.4, -0.2) is 45.5 Å². The second-order valence-corrected chi connectivity index (χ2v) is 9.81. The van der Waals surface area contributed by atoms with Gasteiger partial charge in [0.1, 0.15) is 35.5 Å². The van der Waals surface area contributed by atoms with Gasteiger partial charge in [-0.2, -0.15) is 0 Å². The van der Waals surface area contributed by atoms with Crippen LogP contribution in [0.5, 0.6) is 17.2 Å². The van der Waals surface area contributed by atoms with Gasteiger partial charge >= 0.3 is 0 Å². The zero-order chi connectivity index (χ0) is 28.8. The zero-order valence-corrected chi connectivity index (χ0v) is 23.8. The first-order valence-corrected chi connectivity index (χ1v) is 13.6. The second-order valence-electron chi connectivity index (χ2n) is 9.81. The van der Waals surface area contributed by atoms with Crippen molar-refractivity contribution in [2.24, 2.45) is 5.73 Å². The summed E-state index contributed by atoms with van der Waals surface area (Å²) in [6, 6.07) is 13.5. The standard InChI is InChI=1S/C29H32N6O3.C2H6/c1-18-10-24(37-17-20-13-32-19(2)33-14-20)12-25(11-18)38-23-6-4-21(5-7-23)26-16-35(22-8-9-34(3)15-22)28(30)27(26)29(31)36;1-2/h4-7,10-14,16,22H,8-9,15,17,30H2,1-3H3,(H2,31,36);1-2H3/t22-;/m1./s1. The van der Waals surface area contributed by atoms with E-state index in [0.29, 0.717) is 35.2 Å². The van der Waals surface area contributed by atoms with Crippen molar-refractivity contribution in [2.75, 3.05) is 25.9 Å². The number of carbonyl (C=O) groups excluding carboxylic acids is 1. The van der Waals surface area contributed by atoms with Crippen molar-refractivity contribution >= 4 is 11.7 Å². The van der Waals surface area contributed by atoms with Gasteiger partial charge in [-0.15, -0.1) is 0 Å². The minimum absolute atomic E-state index is 0.214. The lowest BCUT2D eigenvalue weighted by atomic mass is 10.0. The van der Waals surface area contributed by atoms with Crippen LogP contribution in [0.3, 0.4) is 0 Å². The van der Waals surface area contributed by atoms with E-state index in [1.54, 1.807) is 12.4 Å². The van der Waals surface area contributed by atoms with E-state index < -0.39 is 5.91 Å². The Labute approximate surface area is 235 Å². The van der Waals surface area contributed by atoms with Crippen LogP contribution in [-0.2, 0) is 6.61 Å². The van der Waals surface area contributed by atoms with Gasteiger partial charge in [0.05, 0.1) is 5.56 Å². The number of anilines is 1. The van der Waals surface area contributed by atoms with Gasteiger partial charge in [-0.1, -0.05) is 26.0 Å². The lowest BCUT2D eigenvalue weighted by Crippen LogP contribution is -2.18. The lowest BCUT2D eigenvalue weighted by molar-refractivity contribution is 0.100. The third-order valence-corrected chi connectivity index (χ3v) is 6.74. The summed E-state index contributed by atoms with van der Waals surface area (Å²) in [6.07, 6.45) is 6.43. The third kappa shape index (κ3) is 6.60. The van der Waals surface area contributed by atoms with Gasteiger partial charge in [-0.25, -0.2) is 9.97 Å². The summed E-state index contributed by atoms with van der Waals surface area (Å²) >= 11 is 0. The third-order valence-electron chi connectivity index (χ3n) is 6.74. The molecule has 3 heterocycles. The number of likely N-dealkylation sites (tertiary alicyclic amines) is 1. The average molecular weight is 543 g/mol. The molecule has 0 saturated carbocycles. The van der Waals surface area contributed by atoms with Crippen LogP contribution in [0.4, 0.5) is 5.82 Å². The maximum atomic E-state index is 12.3. The Balaban J connectivity index is 0.00000181. The molecule has 0 bridgehead atoms. The predicted molar refractivity (Wildman–Crippen MR) is 158 cm³/mol. The number of aryl methyl sites for hydroxylation is 2. The number of nitrogen functional groups attached to an aromatic ring is 1. The second kappa shape index (κ2) is 12.7. The first kappa shape index (κ1) is 28.6. The molecule has 1 fully saturated rings. The summed E-state index contributed by atoms with van der Waals surface area (Å²) in [4.78, 5) is 23.0. The lowest BCUT2D eigenvalue weighted by Gasteiger charge is -2.14. The van der Waals surface area contributed by atoms with Crippen molar-refractivity contribution in [2.45, 2.75) is 46.8 Å². The maximum absolute atomic E-state index is 12.3. The van der Waals surface area contributed by atoms with E-state index in [-0.39, 0.29) is 6.04 Å². The molecule has 0 radical (unpaired) electrons. The van der Waals surface area contributed by atoms with Gasteiger partial charge in [-0.05, 0) is 69.3 Å². The fourth-order valence-electron chi connectivity index (χ4n) is 4.81. The smallest absolute Gasteiger partial charge is 0.253 e. The number of rotatable bonds is 8. The zero-order valence-electron chi connectivity index (χ0n) is 23.8. The Morgan fingerprint density at radius 2 is 1.70 bits per heavy atom. The molecule has 0 aliphatic carbocycles. The number of nitrogens with zero attached hydrogens (tertiary/aromatic N) is 4. The van der Waals surface area contributed by atoms with Crippen molar-refractivity contribution in [3.63, 3.8) is 0 Å². The van der Waals surface area contributed by atoms with Crippen molar-refractivity contribution in [3.8, 4) is 28.4 Å². The first-order valence-electron chi connectivity index (χ1n) is 13.6. The fourth-order valence-corrected chi connectivity index (χ4v) is 4.81. The molecule has 0 spiro atoms. The Hall–Kier alpha value is -4.37. The van der Waals surface area contributed by atoms with Crippen LogP contribution in [0.15, 0.2) is 61.1 Å². The molecule has 1 saturated heterocycles. The molecule has 4 aromatic rings. The number of amides is 1. The summed E-state index contributed by atoms with van der Waals surface area (Å²) in [5, 5.41) is 0. The Morgan fingerprint density at radius 3 is 2.33 bits per heavy atom. The Morgan fingerprint density at radius 1 is 1.02 bits per heavy atom. The summed E-state index contributed by atoms with van der Waals surface area (Å²) < 4.78 is 14.1. The first-order chi connectivity index (χ1) is 19.3. The van der Waals surface area contributed by atoms with Crippen LogP contribution in [0.1, 0.15) is 53.6 Å². The topological polar surface area (TPSA) is 122 Å². The van der Waals surface area contributed by atoms with Gasteiger partial charge in [0, 0.05) is 48.4 Å². The summed E-state index contributed by atoms with van der Waals surface area (Å²) in [6.45, 7) is 10.1. The number of aromatic nitrogens is 3. The molecule has 1 atom stereocenters. The van der Waals surface area contributed by atoms with E-state index in [2.05, 4.69) is 21.9 Å². The molecule has 9 nitrogen and oxygen atoms in total. The molecule has 0 unspecified atom stereocenters. The molecule has 9 heteroatoms. The number of primary amides is 1. The minimum atomic E-state index is -0.535. The Kier molecular flexibility index (Phi) is 9.06. The average Bonchev–Trinajstić information content (AvgIpc) is 3.52. The van der Waals surface area contributed by atoms with E-state index in [4.69, 9.17) is 20.9 Å². The summed E-state index contributed by atoms with van der Waals surface area (Å²) in [5.41, 5.74) is 16.0. The number of ether oxygens (including phenoxy) is 2. The largest absolute Gasteiger partial charge is 0.489 e. The number of benzene rings is 2. The van der Waals surface area contributed by atoms with Gasteiger partial charge in [0.15, 0.2) is 0 Å². The van der Waals surface area contributed by atoms with E-state index in [1.807, 2.05) is 80.9 Å². The molecule has 1 aliphatic heterocycles. The van der Waals surface area contributed by atoms with Gasteiger partial charge in [-0.3, -0.25) is 4.79 Å². The molecule has 4 N–H and O–H groups in total. The van der Waals surface area contributed by atoms with Crippen molar-refractivity contribution in [1.82, 2.24) is 19.4 Å². The molecule has 210 valence electrons. The van der Waals surface area contributed by atoms with Crippen molar-refractivity contribution in [1.29, 1.82) is 0 Å². The highest BCUT2D eigenvalue weighted by atomic mass is 16.5. The normalized spacial score (nSPS) is 14.9. The number of hydrogen-bond acceptors (Lipinski definition) is 7. The maximum Gasteiger partial charge on any atom is 0.253 e. The monoisotopic (exact) mass is 542 g/mol. The van der Waals surface area contributed by atoms with Crippen molar-refractivity contribution in [3.05, 3.63) is 83.6 Å². The summed E-state index contributed by atoms with van der Waals surface area (Å²) in [7, 11) is 2.08. The van der Waals surface area contributed by atoms with Gasteiger partial charge in [0.2, 0.25) is 0 Å². The van der Waals surface area contributed by atoms with E-state index in [0.717, 1.165) is 47.6 Å².